The van der Waals surface area contributed by atoms with E-state index in [1.165, 1.54) is 31.4 Å². The molecule has 0 saturated heterocycles. The zero-order chi connectivity index (χ0) is 23.3. The summed E-state index contributed by atoms with van der Waals surface area (Å²) in [6.07, 6.45) is 0. The Morgan fingerprint density at radius 1 is 0.938 bits per heavy atom. The normalized spacial score (nSPS) is 11.0. The molecule has 0 aliphatic rings. The van der Waals surface area contributed by atoms with E-state index < -0.39 is 15.9 Å². The first-order valence-corrected chi connectivity index (χ1v) is 11.6. The smallest absolute Gasteiger partial charge is 0.262 e. The van der Waals surface area contributed by atoms with Gasteiger partial charge in [0.2, 0.25) is 0 Å². The predicted molar refractivity (Wildman–Crippen MR) is 126 cm³/mol. The van der Waals surface area contributed by atoms with Crippen molar-refractivity contribution in [1.82, 2.24) is 0 Å². The van der Waals surface area contributed by atoms with Gasteiger partial charge in [-0.25, -0.2) is 8.42 Å². The highest BCUT2D eigenvalue weighted by Gasteiger charge is 2.17. The van der Waals surface area contributed by atoms with Gasteiger partial charge >= 0.3 is 0 Å². The van der Waals surface area contributed by atoms with Crippen LogP contribution in [0.3, 0.4) is 0 Å². The highest BCUT2D eigenvalue weighted by atomic mass is 35.5. The van der Waals surface area contributed by atoms with E-state index in [4.69, 9.17) is 44.3 Å². The number of anilines is 2. The van der Waals surface area contributed by atoms with Gasteiger partial charge < -0.3 is 14.8 Å². The molecule has 0 fully saturated rings. The Bertz CT molecular complexity index is 1230. The maximum absolute atomic E-state index is 12.6. The zero-order valence-electron chi connectivity index (χ0n) is 16.6. The number of amides is 1. The maximum atomic E-state index is 12.6. The Morgan fingerprint density at radius 3 is 2.31 bits per heavy atom. The van der Waals surface area contributed by atoms with E-state index in [9.17, 15) is 13.2 Å². The van der Waals surface area contributed by atoms with Crippen molar-refractivity contribution in [3.05, 3.63) is 75.7 Å². The van der Waals surface area contributed by atoms with Crippen LogP contribution < -0.4 is 19.5 Å². The number of hydrogen-bond acceptors (Lipinski definition) is 5. The van der Waals surface area contributed by atoms with E-state index >= 15 is 0 Å². The highest BCUT2D eigenvalue weighted by molar-refractivity contribution is 7.92. The highest BCUT2D eigenvalue weighted by Crippen LogP contribution is 2.29. The lowest BCUT2D eigenvalue weighted by Crippen LogP contribution is -2.20. The van der Waals surface area contributed by atoms with E-state index in [0.717, 1.165) is 0 Å². The Labute approximate surface area is 200 Å². The molecular formula is C21H17Cl3N2O5S. The molecule has 0 radical (unpaired) electrons. The maximum Gasteiger partial charge on any atom is 0.262 e. The minimum absolute atomic E-state index is 0.0243. The van der Waals surface area contributed by atoms with Crippen LogP contribution in [-0.2, 0) is 14.8 Å². The van der Waals surface area contributed by atoms with Gasteiger partial charge in [0.25, 0.3) is 15.9 Å². The van der Waals surface area contributed by atoms with Crippen LogP contribution in [0.4, 0.5) is 11.4 Å². The van der Waals surface area contributed by atoms with Crippen molar-refractivity contribution in [1.29, 1.82) is 0 Å². The molecule has 0 saturated carbocycles. The summed E-state index contributed by atoms with van der Waals surface area (Å²) in [4.78, 5) is 12.1. The summed E-state index contributed by atoms with van der Waals surface area (Å²) in [7, 11) is -2.38. The predicted octanol–water partition coefficient (Wildman–Crippen LogP) is 5.47. The number of methoxy groups -OCH3 is 1. The number of carbonyl (C=O) groups excluding carboxylic acids is 1. The number of sulfonamides is 1. The largest absolute Gasteiger partial charge is 0.497 e. The Balaban J connectivity index is 1.65. The summed E-state index contributed by atoms with van der Waals surface area (Å²) in [6, 6.07) is 15.0. The first-order valence-electron chi connectivity index (χ1n) is 9.02. The van der Waals surface area contributed by atoms with Gasteiger partial charge in [-0.2, -0.15) is 0 Å². The fourth-order valence-electron chi connectivity index (χ4n) is 2.56. The van der Waals surface area contributed by atoms with Crippen LogP contribution in [0.15, 0.2) is 65.6 Å². The summed E-state index contributed by atoms with van der Waals surface area (Å²) < 4.78 is 38.1. The zero-order valence-corrected chi connectivity index (χ0v) is 19.6. The molecule has 0 aliphatic heterocycles. The summed E-state index contributed by atoms with van der Waals surface area (Å²) in [5, 5.41) is 3.33. The minimum atomic E-state index is -3.89. The molecular weight excluding hydrogens is 499 g/mol. The molecule has 0 unspecified atom stereocenters. The van der Waals surface area contributed by atoms with Gasteiger partial charge in [-0.05, 0) is 60.7 Å². The molecule has 0 atom stereocenters. The fourth-order valence-corrected chi connectivity index (χ4v) is 4.28. The van der Waals surface area contributed by atoms with Crippen molar-refractivity contribution in [3.8, 4) is 11.5 Å². The molecule has 0 bridgehead atoms. The molecule has 3 rings (SSSR count). The van der Waals surface area contributed by atoms with Gasteiger partial charge in [-0.1, -0.05) is 34.8 Å². The van der Waals surface area contributed by atoms with Crippen molar-refractivity contribution in [3.63, 3.8) is 0 Å². The van der Waals surface area contributed by atoms with E-state index in [-0.39, 0.29) is 22.3 Å². The van der Waals surface area contributed by atoms with Gasteiger partial charge in [0.1, 0.15) is 11.5 Å². The van der Waals surface area contributed by atoms with Gasteiger partial charge in [0.05, 0.1) is 27.7 Å². The fraction of sp³-hybridized carbons (Fsp3) is 0.0952. The molecule has 3 aromatic rings. The van der Waals surface area contributed by atoms with Crippen LogP contribution in [-0.4, -0.2) is 28.0 Å². The molecule has 0 aromatic heterocycles. The van der Waals surface area contributed by atoms with Crippen LogP contribution in [0.25, 0.3) is 0 Å². The van der Waals surface area contributed by atoms with Crippen LogP contribution in [0.5, 0.6) is 11.5 Å². The van der Waals surface area contributed by atoms with Crippen LogP contribution >= 0.6 is 34.8 Å². The summed E-state index contributed by atoms with van der Waals surface area (Å²) in [5.74, 6) is 0.240. The molecule has 1 amide bonds. The minimum Gasteiger partial charge on any atom is -0.497 e. The molecule has 0 aliphatic carbocycles. The van der Waals surface area contributed by atoms with E-state index in [2.05, 4.69) is 10.0 Å². The summed E-state index contributed by atoms with van der Waals surface area (Å²) >= 11 is 18.1. The van der Waals surface area contributed by atoms with Gasteiger partial charge in [0.15, 0.2) is 6.61 Å². The number of nitrogens with one attached hydrogen (secondary N) is 2. The molecule has 3 aromatic carbocycles. The van der Waals surface area contributed by atoms with Crippen LogP contribution in [0.1, 0.15) is 0 Å². The molecule has 11 heteroatoms. The van der Waals surface area contributed by atoms with E-state index in [0.29, 0.717) is 27.2 Å². The molecule has 168 valence electrons. The first-order chi connectivity index (χ1) is 15.2. The second-order valence-corrected chi connectivity index (χ2v) is 9.32. The molecule has 7 nitrogen and oxygen atoms in total. The van der Waals surface area contributed by atoms with Crippen molar-refractivity contribution in [2.75, 3.05) is 23.8 Å². The molecule has 0 spiro atoms. The Kier molecular flexibility index (Phi) is 7.73. The third-order valence-corrected chi connectivity index (χ3v) is 6.36. The van der Waals surface area contributed by atoms with Gasteiger partial charge in [-0.3, -0.25) is 9.52 Å². The lowest BCUT2D eigenvalue weighted by Gasteiger charge is -2.12. The van der Waals surface area contributed by atoms with E-state index in [1.807, 2.05) is 0 Å². The third-order valence-electron chi connectivity index (χ3n) is 4.12. The van der Waals surface area contributed by atoms with Crippen molar-refractivity contribution in [2.24, 2.45) is 0 Å². The topological polar surface area (TPSA) is 93.7 Å². The van der Waals surface area contributed by atoms with Crippen LogP contribution in [0, 0.1) is 0 Å². The molecule has 32 heavy (non-hydrogen) atoms. The second kappa shape index (κ2) is 10.3. The summed E-state index contributed by atoms with van der Waals surface area (Å²) in [6.45, 7) is -0.376. The van der Waals surface area contributed by atoms with Crippen molar-refractivity contribution < 1.29 is 22.7 Å². The number of benzene rings is 3. The molecule has 0 heterocycles. The lowest BCUT2D eigenvalue weighted by molar-refractivity contribution is -0.118. The lowest BCUT2D eigenvalue weighted by atomic mass is 10.3. The standard InChI is InChI=1S/C21H17Cl3N2O5S/c1-30-15-5-3-14(4-6-15)26-32(28,29)16-7-9-20(18(24)11-16)31-12-21(27)25-19-10-13(22)2-8-17(19)23/h2-11,26H,12H2,1H3,(H,25,27). The van der Waals surface area contributed by atoms with Crippen LogP contribution in [0.2, 0.25) is 15.1 Å². The number of halogens is 3. The number of carbonyl (C=O) groups is 1. The number of hydrogen-bond donors (Lipinski definition) is 2. The number of ether oxygens (including phenoxy) is 2. The average Bonchev–Trinajstić information content (AvgIpc) is 2.75. The Hall–Kier alpha value is -2.65. The monoisotopic (exact) mass is 514 g/mol. The summed E-state index contributed by atoms with van der Waals surface area (Å²) in [5.41, 5.74) is 0.698. The number of rotatable bonds is 8. The van der Waals surface area contributed by atoms with Gasteiger partial charge in [0, 0.05) is 10.7 Å². The van der Waals surface area contributed by atoms with Gasteiger partial charge in [-0.15, -0.1) is 0 Å². The third kappa shape index (κ3) is 6.20. The van der Waals surface area contributed by atoms with Crippen molar-refractivity contribution >= 4 is 62.1 Å². The average molecular weight is 516 g/mol. The quantitative estimate of drug-likeness (QED) is 0.415. The first kappa shape index (κ1) is 24.0. The Morgan fingerprint density at radius 2 is 1.66 bits per heavy atom. The van der Waals surface area contributed by atoms with E-state index in [1.54, 1.807) is 36.4 Å². The SMILES string of the molecule is COc1ccc(NS(=O)(=O)c2ccc(OCC(=O)Nc3cc(Cl)ccc3Cl)c(Cl)c2)cc1. The van der Waals surface area contributed by atoms with Crippen molar-refractivity contribution in [2.45, 2.75) is 4.90 Å². The second-order valence-electron chi connectivity index (χ2n) is 6.39. The molecule has 2 N–H and O–H groups in total.